The van der Waals surface area contributed by atoms with Gasteiger partial charge in [-0.25, -0.2) is 9.48 Å². The first-order valence-corrected chi connectivity index (χ1v) is 5.81. The number of nitrogens with zero attached hydrogens (tertiary/aromatic N) is 2. The minimum atomic E-state index is -1.31. The van der Waals surface area contributed by atoms with Gasteiger partial charge in [0, 0.05) is 11.8 Å². The van der Waals surface area contributed by atoms with Crippen LogP contribution in [0.2, 0.25) is 0 Å². The van der Waals surface area contributed by atoms with E-state index in [1.165, 1.54) is 4.68 Å². The molecule has 0 saturated heterocycles. The highest BCUT2D eigenvalue weighted by Crippen LogP contribution is 2.13. The normalized spacial score (nSPS) is 10.5. The predicted molar refractivity (Wildman–Crippen MR) is 71.0 cm³/mol. The molecule has 5 nitrogen and oxygen atoms in total. The largest absolute Gasteiger partial charge is 0.476 e. The maximum Gasteiger partial charge on any atom is 0.360 e. The van der Waals surface area contributed by atoms with E-state index in [0.29, 0.717) is 5.56 Å². The summed E-state index contributed by atoms with van der Waals surface area (Å²) in [6.07, 6.45) is 1.54. The molecule has 0 aliphatic carbocycles. The number of carboxylic acids is 1. The lowest BCUT2D eigenvalue weighted by Gasteiger charge is -2.09. The molecule has 19 heavy (non-hydrogen) atoms. The van der Waals surface area contributed by atoms with Crippen LogP contribution in [0, 0.1) is 20.8 Å². The van der Waals surface area contributed by atoms with Crippen LogP contribution in [-0.2, 0) is 0 Å². The number of hydrogen-bond donors (Lipinski definition) is 1. The molecule has 0 spiro atoms. The summed E-state index contributed by atoms with van der Waals surface area (Å²) in [6, 6.07) is 5.67. The van der Waals surface area contributed by atoms with Gasteiger partial charge in [-0.2, -0.15) is 5.10 Å². The molecule has 98 valence electrons. The summed E-state index contributed by atoms with van der Waals surface area (Å²) >= 11 is 0. The molecule has 0 aliphatic heterocycles. The van der Waals surface area contributed by atoms with Gasteiger partial charge in [-0.3, -0.25) is 4.79 Å². The molecule has 1 N–H and O–H groups in total. The number of aryl methyl sites for hydroxylation is 3. The lowest BCUT2D eigenvalue weighted by atomic mass is 10.1. The first-order chi connectivity index (χ1) is 8.90. The first-order valence-electron chi connectivity index (χ1n) is 5.81. The van der Waals surface area contributed by atoms with Gasteiger partial charge in [0.1, 0.15) is 0 Å². The van der Waals surface area contributed by atoms with Crippen molar-refractivity contribution in [1.29, 1.82) is 0 Å². The second-order valence-electron chi connectivity index (χ2n) is 4.51. The van der Waals surface area contributed by atoms with E-state index in [4.69, 9.17) is 5.11 Å². The van der Waals surface area contributed by atoms with E-state index in [9.17, 15) is 9.59 Å². The number of aromatic nitrogens is 2. The number of rotatable bonds is 2. The Morgan fingerprint density at radius 1 is 1.16 bits per heavy atom. The van der Waals surface area contributed by atoms with E-state index in [2.05, 4.69) is 5.10 Å². The molecule has 0 fully saturated rings. The van der Waals surface area contributed by atoms with Gasteiger partial charge in [0.15, 0.2) is 0 Å². The molecule has 0 amide bonds. The van der Waals surface area contributed by atoms with Crippen molar-refractivity contribution < 1.29 is 9.90 Å². The summed E-state index contributed by atoms with van der Waals surface area (Å²) in [6.45, 7) is 5.53. The molecule has 0 saturated carbocycles. The molecular weight excluding hydrogens is 244 g/mol. The van der Waals surface area contributed by atoms with Crippen molar-refractivity contribution in [2.24, 2.45) is 0 Å². The van der Waals surface area contributed by atoms with E-state index < -0.39 is 17.1 Å². The molecule has 0 radical (unpaired) electrons. The summed E-state index contributed by atoms with van der Waals surface area (Å²) in [5.41, 5.74) is 2.29. The zero-order chi connectivity index (χ0) is 14.2. The van der Waals surface area contributed by atoms with Crippen molar-refractivity contribution >= 4 is 5.97 Å². The van der Waals surface area contributed by atoms with Gasteiger partial charge in [-0.05, 0) is 44.0 Å². The third-order valence-corrected chi connectivity index (χ3v) is 3.05. The zero-order valence-electron chi connectivity index (χ0n) is 11.0. The molecule has 1 heterocycles. The highest BCUT2D eigenvalue weighted by molar-refractivity contribution is 5.85. The predicted octanol–water partition coefficient (Wildman–Crippen LogP) is 1.86. The lowest BCUT2D eigenvalue weighted by Crippen LogP contribution is -2.23. The summed E-state index contributed by atoms with van der Waals surface area (Å²) < 4.78 is 1.42. The number of benzene rings is 1. The Hall–Kier alpha value is -2.43. The number of carboxylic acid groups (broad SMARTS) is 1. The van der Waals surface area contributed by atoms with Crippen molar-refractivity contribution in [2.75, 3.05) is 0 Å². The smallest absolute Gasteiger partial charge is 0.360 e. The van der Waals surface area contributed by atoms with Gasteiger partial charge in [-0.1, -0.05) is 6.07 Å². The lowest BCUT2D eigenvalue weighted by molar-refractivity contribution is 0.0686. The van der Waals surface area contributed by atoms with Gasteiger partial charge in [0.2, 0.25) is 11.1 Å². The third kappa shape index (κ3) is 2.40. The number of hydrogen-bond acceptors (Lipinski definition) is 3. The highest BCUT2D eigenvalue weighted by atomic mass is 16.4. The highest BCUT2D eigenvalue weighted by Gasteiger charge is 2.14. The van der Waals surface area contributed by atoms with Crippen LogP contribution >= 0.6 is 0 Å². The molecule has 2 aromatic rings. The molecule has 0 bridgehead atoms. The molecule has 1 aromatic heterocycles. The SMILES string of the molecule is Cc1ccc(-n2cc(C)c(=O)c(C(=O)O)n2)cc1C. The molecule has 2 rings (SSSR count). The summed E-state index contributed by atoms with van der Waals surface area (Å²) in [5, 5.41) is 12.9. The average Bonchev–Trinajstić information content (AvgIpc) is 2.35. The van der Waals surface area contributed by atoms with Crippen LogP contribution in [0.25, 0.3) is 5.69 Å². The van der Waals surface area contributed by atoms with E-state index in [-0.39, 0.29) is 0 Å². The van der Waals surface area contributed by atoms with Crippen molar-refractivity contribution in [2.45, 2.75) is 20.8 Å². The van der Waals surface area contributed by atoms with Gasteiger partial charge >= 0.3 is 5.97 Å². The summed E-state index contributed by atoms with van der Waals surface area (Å²) in [5.74, 6) is -1.31. The molecule has 0 atom stereocenters. The Bertz CT molecular complexity index is 717. The van der Waals surface area contributed by atoms with Crippen LogP contribution in [0.4, 0.5) is 0 Å². The maximum atomic E-state index is 11.7. The van der Waals surface area contributed by atoms with Crippen LogP contribution < -0.4 is 5.43 Å². The second kappa shape index (κ2) is 4.68. The second-order valence-corrected chi connectivity index (χ2v) is 4.51. The van der Waals surface area contributed by atoms with Crippen LogP contribution in [0.15, 0.2) is 29.2 Å². The number of aromatic carboxylic acids is 1. The van der Waals surface area contributed by atoms with Crippen molar-refractivity contribution in [3.63, 3.8) is 0 Å². The Labute approximate surface area is 110 Å². The summed E-state index contributed by atoms with van der Waals surface area (Å²) in [4.78, 5) is 22.7. The van der Waals surface area contributed by atoms with Crippen molar-refractivity contribution in [3.05, 3.63) is 57.0 Å². The van der Waals surface area contributed by atoms with Gasteiger partial charge in [0.05, 0.1) is 5.69 Å². The monoisotopic (exact) mass is 258 g/mol. The quantitative estimate of drug-likeness (QED) is 0.892. The molecule has 0 aliphatic rings. The maximum absolute atomic E-state index is 11.7. The van der Waals surface area contributed by atoms with E-state index >= 15 is 0 Å². The fourth-order valence-corrected chi connectivity index (χ4v) is 1.75. The Morgan fingerprint density at radius 3 is 2.42 bits per heavy atom. The first kappa shape index (κ1) is 13.0. The fourth-order valence-electron chi connectivity index (χ4n) is 1.75. The third-order valence-electron chi connectivity index (χ3n) is 3.05. The number of carbonyl (C=O) groups is 1. The van der Waals surface area contributed by atoms with E-state index in [0.717, 1.165) is 16.8 Å². The van der Waals surface area contributed by atoms with Crippen LogP contribution in [-0.4, -0.2) is 20.9 Å². The minimum Gasteiger partial charge on any atom is -0.476 e. The molecular formula is C14H14N2O3. The van der Waals surface area contributed by atoms with E-state index in [1.807, 2.05) is 32.0 Å². The van der Waals surface area contributed by atoms with Crippen LogP contribution in [0.1, 0.15) is 27.2 Å². The van der Waals surface area contributed by atoms with Gasteiger partial charge < -0.3 is 5.11 Å². The standard InChI is InChI=1S/C14H14N2O3/c1-8-4-5-11(6-9(8)2)16-7-10(3)13(17)12(15-16)14(18)19/h4-7H,1-3H3,(H,18,19). The molecule has 1 aromatic carbocycles. The van der Waals surface area contributed by atoms with E-state index in [1.54, 1.807) is 13.1 Å². The van der Waals surface area contributed by atoms with Crippen molar-refractivity contribution in [1.82, 2.24) is 9.78 Å². The van der Waals surface area contributed by atoms with Crippen LogP contribution in [0.5, 0.6) is 0 Å². The van der Waals surface area contributed by atoms with Crippen molar-refractivity contribution in [3.8, 4) is 5.69 Å². The van der Waals surface area contributed by atoms with Gasteiger partial charge in [0.25, 0.3) is 0 Å². The summed E-state index contributed by atoms with van der Waals surface area (Å²) in [7, 11) is 0. The Morgan fingerprint density at radius 2 is 1.84 bits per heavy atom. The zero-order valence-corrected chi connectivity index (χ0v) is 11.0. The molecule has 5 heteroatoms. The van der Waals surface area contributed by atoms with Crippen LogP contribution in [0.3, 0.4) is 0 Å². The Kier molecular flexibility index (Phi) is 3.21. The average molecular weight is 258 g/mol. The minimum absolute atomic E-state index is 0.352. The Balaban J connectivity index is 2.66. The van der Waals surface area contributed by atoms with Gasteiger partial charge in [-0.15, -0.1) is 0 Å². The topological polar surface area (TPSA) is 72.2 Å². The molecule has 0 unspecified atom stereocenters. The fraction of sp³-hybridized carbons (Fsp3) is 0.214.